The lowest BCUT2D eigenvalue weighted by atomic mass is 10.3. The summed E-state index contributed by atoms with van der Waals surface area (Å²) < 4.78 is 1.69. The van der Waals surface area contributed by atoms with Gasteiger partial charge in [-0.25, -0.2) is 9.97 Å². The van der Waals surface area contributed by atoms with Crippen LogP contribution in [0.3, 0.4) is 0 Å². The Morgan fingerprint density at radius 1 is 1.39 bits per heavy atom. The largest absolute Gasteiger partial charge is 0.382 e. The van der Waals surface area contributed by atoms with Crippen LogP contribution in [0.15, 0.2) is 24.8 Å². The van der Waals surface area contributed by atoms with Crippen LogP contribution in [0, 0.1) is 0 Å². The summed E-state index contributed by atoms with van der Waals surface area (Å²) in [6.07, 6.45) is 6.32. The molecule has 0 saturated heterocycles. The number of carbonyl (C=O) groups excluding carboxylic acids is 1. The molecule has 0 bridgehead atoms. The summed E-state index contributed by atoms with van der Waals surface area (Å²) >= 11 is 0. The monoisotopic (exact) mass is 246 g/mol. The number of amides is 1. The van der Waals surface area contributed by atoms with Crippen molar-refractivity contribution in [1.29, 1.82) is 0 Å². The van der Waals surface area contributed by atoms with Crippen LogP contribution >= 0.6 is 0 Å². The van der Waals surface area contributed by atoms with Crippen molar-refractivity contribution in [3.63, 3.8) is 0 Å². The van der Waals surface area contributed by atoms with Crippen LogP contribution in [0.25, 0.3) is 0 Å². The normalized spacial score (nSPS) is 10.3. The molecule has 2 aromatic heterocycles. The molecule has 0 spiro atoms. The van der Waals surface area contributed by atoms with Gasteiger partial charge in [0.05, 0.1) is 18.6 Å². The summed E-state index contributed by atoms with van der Waals surface area (Å²) in [5.74, 6) is 0.0906. The van der Waals surface area contributed by atoms with Crippen molar-refractivity contribution in [2.24, 2.45) is 7.05 Å². The van der Waals surface area contributed by atoms with E-state index in [1.807, 2.05) is 13.2 Å². The van der Waals surface area contributed by atoms with E-state index in [2.05, 4.69) is 15.1 Å². The smallest absolute Gasteiger partial charge is 0.274 e. The number of nitrogens with zero attached hydrogens (tertiary/aromatic N) is 5. The summed E-state index contributed by atoms with van der Waals surface area (Å²) in [6, 6.07) is 0. The third-order valence-electron chi connectivity index (χ3n) is 2.42. The van der Waals surface area contributed by atoms with Crippen LogP contribution in [0.5, 0.6) is 0 Å². The van der Waals surface area contributed by atoms with Crippen LogP contribution in [0.1, 0.15) is 16.1 Å². The highest BCUT2D eigenvalue weighted by Crippen LogP contribution is 2.05. The molecular formula is C11H14N6O. The van der Waals surface area contributed by atoms with Gasteiger partial charge in [-0.2, -0.15) is 5.10 Å². The number of hydrogen-bond donors (Lipinski definition) is 1. The zero-order chi connectivity index (χ0) is 13.1. The van der Waals surface area contributed by atoms with Gasteiger partial charge in [-0.1, -0.05) is 0 Å². The molecule has 1 amide bonds. The first kappa shape index (κ1) is 12.0. The summed E-state index contributed by atoms with van der Waals surface area (Å²) in [6.45, 7) is 0.471. The lowest BCUT2D eigenvalue weighted by molar-refractivity contribution is 0.0779. The first-order valence-corrected chi connectivity index (χ1v) is 5.37. The van der Waals surface area contributed by atoms with Crippen molar-refractivity contribution < 1.29 is 4.79 Å². The van der Waals surface area contributed by atoms with Crippen LogP contribution in [0.4, 0.5) is 5.82 Å². The maximum atomic E-state index is 12.0. The van der Waals surface area contributed by atoms with Crippen molar-refractivity contribution in [3.05, 3.63) is 36.0 Å². The fourth-order valence-electron chi connectivity index (χ4n) is 1.54. The molecule has 2 heterocycles. The number of carbonyl (C=O) groups is 1. The molecule has 0 aliphatic carbocycles. The topological polar surface area (TPSA) is 89.9 Å². The highest BCUT2D eigenvalue weighted by atomic mass is 16.2. The van der Waals surface area contributed by atoms with E-state index in [-0.39, 0.29) is 11.6 Å². The third kappa shape index (κ3) is 2.62. The van der Waals surface area contributed by atoms with E-state index >= 15 is 0 Å². The van der Waals surface area contributed by atoms with E-state index in [1.54, 1.807) is 22.8 Å². The second-order valence-electron chi connectivity index (χ2n) is 4.01. The zero-order valence-electron chi connectivity index (χ0n) is 10.2. The van der Waals surface area contributed by atoms with Gasteiger partial charge in [0, 0.05) is 32.4 Å². The number of aromatic nitrogens is 4. The van der Waals surface area contributed by atoms with Crippen LogP contribution < -0.4 is 5.73 Å². The average molecular weight is 246 g/mol. The quantitative estimate of drug-likeness (QED) is 0.827. The first-order valence-electron chi connectivity index (χ1n) is 5.37. The van der Waals surface area contributed by atoms with E-state index < -0.39 is 0 Å². The predicted octanol–water partition coefficient (Wildman–Crippen LogP) is 0.0645. The second kappa shape index (κ2) is 4.82. The van der Waals surface area contributed by atoms with Crippen LogP contribution in [0.2, 0.25) is 0 Å². The molecule has 0 radical (unpaired) electrons. The van der Waals surface area contributed by atoms with Gasteiger partial charge in [-0.3, -0.25) is 9.48 Å². The Morgan fingerprint density at radius 2 is 2.17 bits per heavy atom. The molecule has 94 valence electrons. The number of nitrogen functional groups attached to an aromatic ring is 1. The molecule has 2 aromatic rings. The van der Waals surface area contributed by atoms with Crippen LogP contribution in [-0.4, -0.2) is 37.6 Å². The molecule has 0 saturated carbocycles. The molecule has 0 aromatic carbocycles. The summed E-state index contributed by atoms with van der Waals surface area (Å²) in [7, 11) is 3.53. The van der Waals surface area contributed by atoms with Gasteiger partial charge in [0.2, 0.25) is 0 Å². The molecule has 0 aliphatic heterocycles. The molecular weight excluding hydrogens is 232 g/mol. The number of aryl methyl sites for hydroxylation is 1. The fraction of sp³-hybridized carbons (Fsp3) is 0.273. The maximum absolute atomic E-state index is 12.0. The SMILES string of the molecule is CN(Cc1cnn(C)c1)C(=O)c1cnc(N)cn1. The standard InChI is InChI=1S/C11H14N6O/c1-16(6-8-3-15-17(2)7-8)11(18)9-4-14-10(12)5-13-9/h3-5,7H,6H2,1-2H3,(H2,12,14). The first-order chi connectivity index (χ1) is 8.56. The highest BCUT2D eigenvalue weighted by molar-refractivity contribution is 5.91. The predicted molar refractivity (Wildman–Crippen MR) is 65.4 cm³/mol. The molecule has 0 aliphatic rings. The van der Waals surface area contributed by atoms with Gasteiger partial charge >= 0.3 is 0 Å². The van der Waals surface area contributed by atoms with Crippen molar-refractivity contribution in [2.45, 2.75) is 6.54 Å². The second-order valence-corrected chi connectivity index (χ2v) is 4.01. The Kier molecular flexibility index (Phi) is 3.22. The van der Waals surface area contributed by atoms with E-state index in [0.717, 1.165) is 5.56 Å². The number of hydrogen-bond acceptors (Lipinski definition) is 5. The Labute approximate surface area is 104 Å². The molecule has 18 heavy (non-hydrogen) atoms. The van der Waals surface area contributed by atoms with E-state index in [4.69, 9.17) is 5.73 Å². The minimum Gasteiger partial charge on any atom is -0.382 e. The lowest BCUT2D eigenvalue weighted by Crippen LogP contribution is -2.27. The maximum Gasteiger partial charge on any atom is 0.274 e. The summed E-state index contributed by atoms with van der Waals surface area (Å²) in [5.41, 5.74) is 6.65. The van der Waals surface area contributed by atoms with Gasteiger partial charge in [0.25, 0.3) is 5.91 Å². The molecule has 0 atom stereocenters. The van der Waals surface area contributed by atoms with Gasteiger partial charge in [0.15, 0.2) is 0 Å². The number of rotatable bonds is 3. The summed E-state index contributed by atoms with van der Waals surface area (Å²) in [5, 5.41) is 4.05. The van der Waals surface area contributed by atoms with Gasteiger partial charge in [-0.15, -0.1) is 0 Å². The van der Waals surface area contributed by atoms with Gasteiger partial charge in [-0.05, 0) is 0 Å². The Hall–Kier alpha value is -2.44. The molecule has 7 heteroatoms. The van der Waals surface area contributed by atoms with Crippen LogP contribution in [-0.2, 0) is 13.6 Å². The highest BCUT2D eigenvalue weighted by Gasteiger charge is 2.14. The lowest BCUT2D eigenvalue weighted by Gasteiger charge is -2.15. The van der Waals surface area contributed by atoms with E-state index in [1.165, 1.54) is 12.4 Å². The van der Waals surface area contributed by atoms with Gasteiger partial charge < -0.3 is 10.6 Å². The third-order valence-corrected chi connectivity index (χ3v) is 2.42. The van der Waals surface area contributed by atoms with E-state index in [0.29, 0.717) is 12.4 Å². The average Bonchev–Trinajstić information content (AvgIpc) is 2.75. The zero-order valence-corrected chi connectivity index (χ0v) is 10.2. The Bertz CT molecular complexity index is 547. The minimum absolute atomic E-state index is 0.202. The fourth-order valence-corrected chi connectivity index (χ4v) is 1.54. The Morgan fingerprint density at radius 3 is 2.72 bits per heavy atom. The van der Waals surface area contributed by atoms with Crippen molar-refractivity contribution in [1.82, 2.24) is 24.6 Å². The Balaban J connectivity index is 2.07. The van der Waals surface area contributed by atoms with Crippen molar-refractivity contribution in [3.8, 4) is 0 Å². The number of anilines is 1. The number of nitrogens with two attached hydrogens (primary N) is 1. The van der Waals surface area contributed by atoms with Crippen molar-refractivity contribution in [2.75, 3.05) is 12.8 Å². The molecule has 2 rings (SSSR count). The molecule has 7 nitrogen and oxygen atoms in total. The van der Waals surface area contributed by atoms with E-state index in [9.17, 15) is 4.79 Å². The molecule has 0 fully saturated rings. The van der Waals surface area contributed by atoms with Crippen molar-refractivity contribution >= 4 is 11.7 Å². The summed E-state index contributed by atoms with van der Waals surface area (Å²) in [4.78, 5) is 21.4. The van der Waals surface area contributed by atoms with Gasteiger partial charge in [0.1, 0.15) is 11.5 Å². The molecule has 0 unspecified atom stereocenters. The minimum atomic E-state index is -0.202. The molecule has 2 N–H and O–H groups in total.